The van der Waals surface area contributed by atoms with Crippen molar-refractivity contribution >= 4 is 17.9 Å². The lowest BCUT2D eigenvalue weighted by molar-refractivity contribution is -0.166. The van der Waals surface area contributed by atoms with Gasteiger partial charge in [0.05, 0.1) is 5.92 Å². The molecule has 0 aromatic rings. The maximum absolute atomic E-state index is 12.2. The molecule has 0 rings (SSSR count). The Morgan fingerprint density at radius 1 is 0.826 bits per heavy atom. The highest BCUT2D eigenvalue weighted by Gasteiger charge is 2.22. The van der Waals surface area contributed by atoms with Crippen molar-refractivity contribution < 1.29 is 28.6 Å². The fourth-order valence-corrected chi connectivity index (χ4v) is 2.14. The van der Waals surface area contributed by atoms with Crippen LogP contribution in [0.1, 0.15) is 66.2 Å². The molecule has 0 amide bonds. The number of rotatable bonds is 12. The number of unbranched alkanes of at least 4 members (excludes halogenated alkanes) is 2. The summed E-state index contributed by atoms with van der Waals surface area (Å²) in [4.78, 5) is 34.1. The smallest absolute Gasteiger partial charge is 0.309 e. The van der Waals surface area contributed by atoms with Gasteiger partial charge in [0.2, 0.25) is 0 Å². The minimum absolute atomic E-state index is 0.0968. The van der Waals surface area contributed by atoms with Crippen molar-refractivity contribution in [1.29, 1.82) is 0 Å². The van der Waals surface area contributed by atoms with E-state index in [2.05, 4.69) is 13.8 Å². The van der Waals surface area contributed by atoms with Gasteiger partial charge in [0.1, 0.15) is 13.2 Å². The molecule has 0 saturated heterocycles. The monoisotopic (exact) mass is 330 g/mol. The second kappa shape index (κ2) is 12.9. The summed E-state index contributed by atoms with van der Waals surface area (Å²) in [5.74, 6) is -1.38. The molecule has 0 aliphatic heterocycles. The van der Waals surface area contributed by atoms with Gasteiger partial charge in [-0.15, -0.1) is 0 Å². The lowest BCUT2D eigenvalue weighted by atomic mass is 9.96. The molecule has 0 bridgehead atoms. The molecule has 0 heterocycles. The highest BCUT2D eigenvalue weighted by Crippen LogP contribution is 2.18. The topological polar surface area (TPSA) is 78.9 Å². The predicted molar refractivity (Wildman–Crippen MR) is 85.7 cm³/mol. The first-order chi connectivity index (χ1) is 10.9. The lowest BCUT2D eigenvalue weighted by Gasteiger charge is -2.19. The van der Waals surface area contributed by atoms with Crippen LogP contribution < -0.4 is 0 Å². The van der Waals surface area contributed by atoms with Crippen LogP contribution in [-0.4, -0.2) is 37.2 Å². The zero-order valence-electron chi connectivity index (χ0n) is 14.8. The minimum Gasteiger partial charge on any atom is -0.462 e. The van der Waals surface area contributed by atoms with Gasteiger partial charge in [0.25, 0.3) is 0 Å². The maximum Gasteiger partial charge on any atom is 0.309 e. The van der Waals surface area contributed by atoms with Gasteiger partial charge in [0, 0.05) is 13.8 Å². The molecule has 134 valence electrons. The zero-order valence-corrected chi connectivity index (χ0v) is 14.8. The second-order valence-corrected chi connectivity index (χ2v) is 5.65. The molecule has 0 spiro atoms. The number of ether oxygens (including phenoxy) is 3. The van der Waals surface area contributed by atoms with E-state index in [0.717, 1.165) is 38.5 Å². The summed E-state index contributed by atoms with van der Waals surface area (Å²) in [5, 5.41) is 0. The molecule has 0 aromatic carbocycles. The second-order valence-electron chi connectivity index (χ2n) is 5.65. The van der Waals surface area contributed by atoms with E-state index in [4.69, 9.17) is 14.2 Å². The van der Waals surface area contributed by atoms with Crippen molar-refractivity contribution in [2.45, 2.75) is 72.3 Å². The average Bonchev–Trinajstić information content (AvgIpc) is 2.49. The summed E-state index contributed by atoms with van der Waals surface area (Å²) in [6.45, 7) is 6.48. The number of carbonyl (C=O) groups excluding carboxylic acids is 3. The van der Waals surface area contributed by atoms with E-state index in [1.165, 1.54) is 13.8 Å². The summed E-state index contributed by atoms with van der Waals surface area (Å²) in [6.07, 6.45) is 4.85. The lowest BCUT2D eigenvalue weighted by Crippen LogP contribution is -2.31. The van der Waals surface area contributed by atoms with Crippen LogP contribution in [0.5, 0.6) is 0 Å². The molecule has 0 aromatic heterocycles. The van der Waals surface area contributed by atoms with Crippen molar-refractivity contribution in [2.75, 3.05) is 13.2 Å². The fraction of sp³-hybridized carbons (Fsp3) is 0.824. The molecule has 6 nitrogen and oxygen atoms in total. The molecule has 0 N–H and O–H groups in total. The van der Waals surface area contributed by atoms with Crippen molar-refractivity contribution in [2.24, 2.45) is 5.92 Å². The molecule has 0 saturated carbocycles. The Labute approximate surface area is 138 Å². The standard InChI is InChI=1S/C17H30O6/c1-5-7-9-15(10-8-6-2)17(20)22-12-16(23-14(4)19)11-21-13(3)18/h15-16H,5-12H2,1-4H3. The molecule has 6 heteroatoms. The van der Waals surface area contributed by atoms with E-state index < -0.39 is 18.0 Å². The normalized spacial score (nSPS) is 11.9. The van der Waals surface area contributed by atoms with Crippen molar-refractivity contribution in [3.8, 4) is 0 Å². The highest BCUT2D eigenvalue weighted by atomic mass is 16.6. The molecular weight excluding hydrogens is 300 g/mol. The molecule has 0 radical (unpaired) electrons. The summed E-state index contributed by atoms with van der Waals surface area (Å²) < 4.78 is 15.1. The third-order valence-electron chi connectivity index (χ3n) is 3.36. The van der Waals surface area contributed by atoms with Crippen LogP contribution in [0.15, 0.2) is 0 Å². The van der Waals surface area contributed by atoms with Crippen LogP contribution in [0.2, 0.25) is 0 Å². The molecule has 0 fully saturated rings. The van der Waals surface area contributed by atoms with Gasteiger partial charge in [-0.2, -0.15) is 0 Å². The van der Waals surface area contributed by atoms with Crippen molar-refractivity contribution in [3.63, 3.8) is 0 Å². The van der Waals surface area contributed by atoms with E-state index >= 15 is 0 Å². The molecule has 23 heavy (non-hydrogen) atoms. The van der Waals surface area contributed by atoms with Crippen LogP contribution >= 0.6 is 0 Å². The Hall–Kier alpha value is -1.59. The molecular formula is C17H30O6. The summed E-state index contributed by atoms with van der Waals surface area (Å²) in [6, 6.07) is 0. The fourth-order valence-electron chi connectivity index (χ4n) is 2.14. The van der Waals surface area contributed by atoms with E-state index in [9.17, 15) is 14.4 Å². The number of carbonyl (C=O) groups is 3. The summed E-state index contributed by atoms with van der Waals surface area (Å²) >= 11 is 0. The van der Waals surface area contributed by atoms with Crippen LogP contribution in [0.4, 0.5) is 0 Å². The first-order valence-electron chi connectivity index (χ1n) is 8.37. The van der Waals surface area contributed by atoms with Crippen molar-refractivity contribution in [3.05, 3.63) is 0 Å². The molecule has 1 atom stereocenters. The highest BCUT2D eigenvalue weighted by molar-refractivity contribution is 5.72. The summed E-state index contributed by atoms with van der Waals surface area (Å²) in [7, 11) is 0. The molecule has 0 aliphatic carbocycles. The Balaban J connectivity index is 4.46. The van der Waals surface area contributed by atoms with Gasteiger partial charge in [-0.05, 0) is 12.8 Å². The first-order valence-corrected chi connectivity index (χ1v) is 8.37. The van der Waals surface area contributed by atoms with Gasteiger partial charge < -0.3 is 14.2 Å². The number of hydrogen-bond acceptors (Lipinski definition) is 6. The number of hydrogen-bond donors (Lipinski definition) is 0. The van der Waals surface area contributed by atoms with Gasteiger partial charge in [-0.25, -0.2) is 0 Å². The third-order valence-corrected chi connectivity index (χ3v) is 3.36. The SMILES string of the molecule is CCCCC(CCCC)C(=O)OCC(COC(C)=O)OC(C)=O. The third kappa shape index (κ3) is 11.6. The molecule has 0 aliphatic rings. The molecule has 1 unspecified atom stereocenters. The Morgan fingerprint density at radius 3 is 1.78 bits per heavy atom. The quantitative estimate of drug-likeness (QED) is 0.404. The van der Waals surface area contributed by atoms with E-state index in [1.54, 1.807) is 0 Å². The van der Waals surface area contributed by atoms with Crippen LogP contribution in [-0.2, 0) is 28.6 Å². The summed E-state index contributed by atoms with van der Waals surface area (Å²) in [5.41, 5.74) is 0. The van der Waals surface area contributed by atoms with E-state index in [1.807, 2.05) is 0 Å². The average molecular weight is 330 g/mol. The van der Waals surface area contributed by atoms with Gasteiger partial charge >= 0.3 is 17.9 Å². The predicted octanol–water partition coefficient (Wildman–Crippen LogP) is 3.02. The maximum atomic E-state index is 12.2. The van der Waals surface area contributed by atoms with Crippen molar-refractivity contribution in [1.82, 2.24) is 0 Å². The van der Waals surface area contributed by atoms with E-state index in [0.29, 0.717) is 0 Å². The van der Waals surface area contributed by atoms with Gasteiger partial charge in [-0.1, -0.05) is 39.5 Å². The van der Waals surface area contributed by atoms with Gasteiger partial charge in [-0.3, -0.25) is 14.4 Å². The van der Waals surface area contributed by atoms with Crippen LogP contribution in [0, 0.1) is 5.92 Å². The Morgan fingerprint density at radius 2 is 1.35 bits per heavy atom. The Kier molecular flexibility index (Phi) is 12.0. The largest absolute Gasteiger partial charge is 0.462 e. The van der Waals surface area contributed by atoms with Gasteiger partial charge in [0.15, 0.2) is 6.10 Å². The van der Waals surface area contributed by atoms with E-state index in [-0.39, 0.29) is 25.1 Å². The number of esters is 3. The zero-order chi connectivity index (χ0) is 17.7. The first kappa shape index (κ1) is 21.4. The van der Waals surface area contributed by atoms with Crippen LogP contribution in [0.3, 0.4) is 0 Å². The van der Waals surface area contributed by atoms with Crippen LogP contribution in [0.25, 0.3) is 0 Å². The Bertz CT molecular complexity index is 358. The minimum atomic E-state index is -0.765.